The number of para-hydroxylation sites is 2. The van der Waals surface area contributed by atoms with Crippen LogP contribution in [-0.4, -0.2) is 51.7 Å². The molecule has 0 bridgehead atoms. The molecule has 1 aliphatic rings. The maximum Gasteiger partial charge on any atom is 0.339 e. The van der Waals surface area contributed by atoms with Crippen molar-refractivity contribution in [3.8, 4) is 11.5 Å². The van der Waals surface area contributed by atoms with Crippen LogP contribution in [0, 0.1) is 5.92 Å². The van der Waals surface area contributed by atoms with Crippen LogP contribution in [0.5, 0.6) is 11.5 Å². The Kier molecular flexibility index (Phi) is 9.44. The second-order valence-electron chi connectivity index (χ2n) is 10.8. The third kappa shape index (κ3) is 7.11. The van der Waals surface area contributed by atoms with Crippen molar-refractivity contribution in [2.24, 2.45) is 5.92 Å². The second-order valence-corrected chi connectivity index (χ2v) is 12.3. The molecule has 2 N–H and O–H groups in total. The predicted octanol–water partition coefficient (Wildman–Crippen LogP) is 5.62. The Balaban J connectivity index is 1.18. The molecule has 1 aliphatic carbocycles. The summed E-state index contributed by atoms with van der Waals surface area (Å²) in [6.07, 6.45) is 4.21. The van der Waals surface area contributed by atoms with Crippen molar-refractivity contribution in [3.05, 3.63) is 78.4 Å². The largest absolute Gasteiger partial charge is 0.490 e. The van der Waals surface area contributed by atoms with E-state index >= 15 is 0 Å². The number of ether oxygens (including phenoxy) is 1. The van der Waals surface area contributed by atoms with Gasteiger partial charge in [0.15, 0.2) is 11.5 Å². The van der Waals surface area contributed by atoms with Crippen molar-refractivity contribution < 1.29 is 17.3 Å². The standard InChI is InChI=1S/C32H39N5O4S/c1-4-40-29-16-10-11-24(30(29)41-42(38,39)26-12-6-5-7-13-26)22-33-21-23-17-19-25(20-18-23)34-32-35-28-15-9-8-14-27(28)31(36-32)37(2)3/h5-16,23,25,33H,4,17-22H2,1-3H3,(H,34,35,36)/t23-,25+. The lowest BCUT2D eigenvalue weighted by Gasteiger charge is -2.29. The summed E-state index contributed by atoms with van der Waals surface area (Å²) in [6, 6.07) is 22.0. The van der Waals surface area contributed by atoms with E-state index in [2.05, 4.69) is 16.7 Å². The number of hydrogen-bond donors (Lipinski definition) is 2. The average molecular weight is 590 g/mol. The lowest BCUT2D eigenvalue weighted by Crippen LogP contribution is -2.31. The van der Waals surface area contributed by atoms with E-state index in [1.54, 1.807) is 24.3 Å². The minimum absolute atomic E-state index is 0.104. The van der Waals surface area contributed by atoms with Gasteiger partial charge in [0, 0.05) is 37.6 Å². The maximum atomic E-state index is 13.0. The summed E-state index contributed by atoms with van der Waals surface area (Å²) in [5.41, 5.74) is 1.67. The summed E-state index contributed by atoms with van der Waals surface area (Å²) in [7, 11) is 0.000600. The molecular formula is C32H39N5O4S. The first kappa shape index (κ1) is 29.6. The number of aromatic nitrogens is 2. The van der Waals surface area contributed by atoms with Gasteiger partial charge in [-0.25, -0.2) is 4.98 Å². The van der Waals surface area contributed by atoms with Gasteiger partial charge < -0.3 is 24.5 Å². The molecular weight excluding hydrogens is 550 g/mol. The molecule has 0 radical (unpaired) electrons. The van der Waals surface area contributed by atoms with Gasteiger partial charge in [-0.2, -0.15) is 13.4 Å². The van der Waals surface area contributed by atoms with Crippen LogP contribution in [-0.2, 0) is 16.7 Å². The van der Waals surface area contributed by atoms with Crippen LogP contribution < -0.4 is 24.5 Å². The Morgan fingerprint density at radius 3 is 2.38 bits per heavy atom. The van der Waals surface area contributed by atoms with Crippen molar-refractivity contribution in [3.63, 3.8) is 0 Å². The Bertz CT molecular complexity index is 1590. The first-order valence-corrected chi connectivity index (χ1v) is 15.9. The number of nitrogens with zero attached hydrogens (tertiary/aromatic N) is 3. The van der Waals surface area contributed by atoms with Gasteiger partial charge in [-0.05, 0) is 75.4 Å². The molecule has 0 atom stereocenters. The van der Waals surface area contributed by atoms with Crippen molar-refractivity contribution >= 4 is 32.8 Å². The van der Waals surface area contributed by atoms with Crippen molar-refractivity contribution in [2.45, 2.75) is 50.1 Å². The fourth-order valence-electron chi connectivity index (χ4n) is 5.38. The molecule has 1 heterocycles. The summed E-state index contributed by atoms with van der Waals surface area (Å²) in [6.45, 7) is 3.56. The molecule has 42 heavy (non-hydrogen) atoms. The molecule has 0 unspecified atom stereocenters. The van der Waals surface area contributed by atoms with E-state index in [0.717, 1.165) is 54.5 Å². The highest BCUT2D eigenvalue weighted by atomic mass is 32.2. The average Bonchev–Trinajstić information content (AvgIpc) is 2.99. The van der Waals surface area contributed by atoms with E-state index in [-0.39, 0.29) is 10.6 Å². The minimum Gasteiger partial charge on any atom is -0.490 e. The Morgan fingerprint density at radius 1 is 0.905 bits per heavy atom. The van der Waals surface area contributed by atoms with Crippen molar-refractivity contribution in [1.29, 1.82) is 0 Å². The Labute approximate surface area is 248 Å². The lowest BCUT2D eigenvalue weighted by molar-refractivity contribution is 0.320. The number of benzene rings is 3. The van der Waals surface area contributed by atoms with E-state index in [4.69, 9.17) is 18.9 Å². The summed E-state index contributed by atoms with van der Waals surface area (Å²) < 4.78 is 37.4. The smallest absolute Gasteiger partial charge is 0.339 e. The number of anilines is 2. The van der Waals surface area contributed by atoms with Crippen LogP contribution in [0.3, 0.4) is 0 Å². The van der Waals surface area contributed by atoms with E-state index in [0.29, 0.717) is 36.8 Å². The van der Waals surface area contributed by atoms with Crippen LogP contribution >= 0.6 is 0 Å². The van der Waals surface area contributed by atoms with Crippen LogP contribution in [0.2, 0.25) is 0 Å². The molecule has 0 spiro atoms. The second kappa shape index (κ2) is 13.4. The molecule has 10 heteroatoms. The van der Waals surface area contributed by atoms with Crippen LogP contribution in [0.15, 0.2) is 77.7 Å². The van der Waals surface area contributed by atoms with Gasteiger partial charge in [0.25, 0.3) is 0 Å². The predicted molar refractivity (Wildman–Crippen MR) is 167 cm³/mol. The first-order valence-electron chi connectivity index (χ1n) is 14.5. The summed E-state index contributed by atoms with van der Waals surface area (Å²) >= 11 is 0. The van der Waals surface area contributed by atoms with Crippen LogP contribution in [0.4, 0.5) is 11.8 Å². The van der Waals surface area contributed by atoms with E-state index in [1.807, 2.05) is 56.3 Å². The fraction of sp³-hybridized carbons (Fsp3) is 0.375. The quantitative estimate of drug-likeness (QED) is 0.204. The molecule has 1 fully saturated rings. The normalized spacial score (nSPS) is 17.1. The van der Waals surface area contributed by atoms with Crippen LogP contribution in [0.25, 0.3) is 10.9 Å². The van der Waals surface area contributed by atoms with Gasteiger partial charge in [-0.1, -0.05) is 42.5 Å². The van der Waals surface area contributed by atoms with Crippen molar-refractivity contribution in [1.82, 2.24) is 15.3 Å². The minimum atomic E-state index is -4.00. The van der Waals surface area contributed by atoms with Gasteiger partial charge in [0.1, 0.15) is 10.7 Å². The molecule has 0 aliphatic heterocycles. The maximum absolute atomic E-state index is 13.0. The summed E-state index contributed by atoms with van der Waals surface area (Å²) in [4.78, 5) is 11.7. The Morgan fingerprint density at radius 2 is 1.64 bits per heavy atom. The molecule has 0 saturated heterocycles. The highest BCUT2D eigenvalue weighted by Gasteiger charge is 2.24. The summed E-state index contributed by atoms with van der Waals surface area (Å²) in [5.74, 6) is 2.75. The van der Waals surface area contributed by atoms with E-state index < -0.39 is 10.1 Å². The van der Waals surface area contributed by atoms with Gasteiger partial charge in [0.05, 0.1) is 12.1 Å². The third-order valence-corrected chi connectivity index (χ3v) is 8.76. The molecule has 5 rings (SSSR count). The SMILES string of the molecule is CCOc1cccc(CNC[C@H]2CC[C@@H](Nc3nc(N(C)C)c4ccccc4n3)CC2)c1OS(=O)(=O)c1ccccc1. The zero-order valence-electron chi connectivity index (χ0n) is 24.4. The molecule has 9 nitrogen and oxygen atoms in total. The van der Waals surface area contributed by atoms with E-state index in [9.17, 15) is 8.42 Å². The molecule has 4 aromatic rings. The van der Waals surface area contributed by atoms with Gasteiger partial charge in [0.2, 0.25) is 5.95 Å². The topological polar surface area (TPSA) is 106 Å². The zero-order chi connectivity index (χ0) is 29.5. The zero-order valence-corrected chi connectivity index (χ0v) is 25.2. The van der Waals surface area contributed by atoms with Crippen LogP contribution in [0.1, 0.15) is 38.2 Å². The molecule has 0 amide bonds. The highest BCUT2D eigenvalue weighted by molar-refractivity contribution is 7.87. The van der Waals surface area contributed by atoms with Crippen molar-refractivity contribution in [2.75, 3.05) is 37.5 Å². The third-order valence-electron chi connectivity index (χ3n) is 7.52. The lowest BCUT2D eigenvalue weighted by atomic mass is 9.86. The first-order chi connectivity index (χ1) is 20.3. The van der Waals surface area contributed by atoms with Gasteiger partial charge in [-0.3, -0.25) is 0 Å². The molecule has 1 aromatic heterocycles. The number of fused-ring (bicyclic) bond motifs is 1. The monoisotopic (exact) mass is 589 g/mol. The number of hydrogen-bond acceptors (Lipinski definition) is 9. The van der Waals surface area contributed by atoms with Gasteiger partial charge >= 0.3 is 10.1 Å². The molecule has 3 aromatic carbocycles. The molecule has 1 saturated carbocycles. The van der Waals surface area contributed by atoms with E-state index in [1.165, 1.54) is 12.1 Å². The number of rotatable bonds is 12. The fourth-order valence-corrected chi connectivity index (χ4v) is 6.37. The van der Waals surface area contributed by atoms with Gasteiger partial charge in [-0.15, -0.1) is 0 Å². The Hall–Kier alpha value is -3.89. The summed E-state index contributed by atoms with van der Waals surface area (Å²) in [5, 5.41) is 8.15. The molecule has 222 valence electrons. The highest BCUT2D eigenvalue weighted by Crippen LogP contribution is 2.34. The number of nitrogens with one attached hydrogen (secondary N) is 2.